The minimum absolute atomic E-state index is 0.195. The molecule has 1 unspecified atom stereocenters. The molecule has 0 bridgehead atoms. The number of hydrogen-bond acceptors (Lipinski definition) is 3. The predicted octanol–water partition coefficient (Wildman–Crippen LogP) is 1.27. The van der Waals surface area contributed by atoms with Gasteiger partial charge in [0.25, 0.3) is 0 Å². The molecular weight excluding hydrogens is 230 g/mol. The summed E-state index contributed by atoms with van der Waals surface area (Å²) in [7, 11) is 1.86. The molecule has 0 radical (unpaired) electrons. The van der Waals surface area contributed by atoms with E-state index in [2.05, 4.69) is 17.0 Å². The van der Waals surface area contributed by atoms with Gasteiger partial charge in [-0.1, -0.05) is 6.08 Å². The minimum Gasteiger partial charge on any atom is -0.306 e. The summed E-state index contributed by atoms with van der Waals surface area (Å²) in [5.74, 6) is 0.195. The minimum atomic E-state index is -0.385. The van der Waals surface area contributed by atoms with Gasteiger partial charge >= 0.3 is 6.03 Å². The second-order valence-corrected chi connectivity index (χ2v) is 4.40. The number of amidine groups is 1. The molecule has 1 fully saturated rings. The van der Waals surface area contributed by atoms with Crippen molar-refractivity contribution in [3.05, 3.63) is 29.6 Å². The van der Waals surface area contributed by atoms with Crippen LogP contribution < -0.4 is 5.32 Å². The zero-order chi connectivity index (χ0) is 13.4. The molecule has 1 aromatic heterocycles. The average molecular weight is 247 g/mol. The second kappa shape index (κ2) is 4.29. The van der Waals surface area contributed by atoms with Crippen LogP contribution in [0.2, 0.25) is 0 Å². The Morgan fingerprint density at radius 3 is 2.72 bits per heavy atom. The monoisotopic (exact) mass is 247 g/mol. The van der Waals surface area contributed by atoms with E-state index in [0.717, 1.165) is 17.0 Å². The molecule has 96 valence electrons. The van der Waals surface area contributed by atoms with Crippen molar-refractivity contribution in [2.24, 2.45) is 7.05 Å². The Morgan fingerprint density at radius 2 is 2.22 bits per heavy atom. The van der Waals surface area contributed by atoms with Crippen LogP contribution in [-0.4, -0.2) is 33.1 Å². The highest BCUT2D eigenvalue weighted by Gasteiger charge is 2.38. The van der Waals surface area contributed by atoms with Gasteiger partial charge in [-0.05, 0) is 13.8 Å². The molecule has 2 heterocycles. The summed E-state index contributed by atoms with van der Waals surface area (Å²) in [6.07, 6.45) is 1.66. The van der Waals surface area contributed by atoms with Crippen LogP contribution in [0, 0.1) is 19.3 Å². The van der Waals surface area contributed by atoms with Gasteiger partial charge < -0.3 is 4.90 Å². The molecule has 2 rings (SSSR count). The molecule has 1 atom stereocenters. The largest absolute Gasteiger partial charge is 0.323 e. The first kappa shape index (κ1) is 12.3. The van der Waals surface area contributed by atoms with E-state index in [1.165, 1.54) is 0 Å². The summed E-state index contributed by atoms with van der Waals surface area (Å²) in [4.78, 5) is 13.4. The van der Waals surface area contributed by atoms with Crippen LogP contribution in [0.15, 0.2) is 12.7 Å². The third-order valence-corrected chi connectivity index (χ3v) is 3.25. The zero-order valence-corrected chi connectivity index (χ0v) is 10.8. The second-order valence-electron chi connectivity index (χ2n) is 4.40. The van der Waals surface area contributed by atoms with E-state index in [0.29, 0.717) is 6.54 Å². The molecule has 1 aliphatic rings. The van der Waals surface area contributed by atoms with Crippen LogP contribution in [-0.2, 0) is 7.05 Å². The summed E-state index contributed by atoms with van der Waals surface area (Å²) >= 11 is 0. The van der Waals surface area contributed by atoms with E-state index < -0.39 is 0 Å². The normalized spacial score (nSPS) is 19.3. The lowest BCUT2D eigenvalue weighted by Crippen LogP contribution is -2.30. The fourth-order valence-corrected chi connectivity index (χ4v) is 2.34. The van der Waals surface area contributed by atoms with Crippen LogP contribution in [0.1, 0.15) is 23.0 Å². The van der Waals surface area contributed by atoms with E-state index in [-0.39, 0.29) is 17.9 Å². The molecule has 2 amide bonds. The molecule has 1 saturated heterocycles. The molecule has 0 spiro atoms. The van der Waals surface area contributed by atoms with Gasteiger partial charge in [0.05, 0.1) is 5.69 Å². The van der Waals surface area contributed by atoms with E-state index >= 15 is 0 Å². The molecule has 18 heavy (non-hydrogen) atoms. The summed E-state index contributed by atoms with van der Waals surface area (Å²) < 4.78 is 1.77. The van der Waals surface area contributed by atoms with E-state index in [1.807, 2.05) is 20.9 Å². The smallest absolute Gasteiger partial charge is 0.306 e. The summed E-state index contributed by atoms with van der Waals surface area (Å²) in [5, 5.41) is 14.8. The van der Waals surface area contributed by atoms with Gasteiger partial charge in [-0.15, -0.1) is 6.58 Å². The van der Waals surface area contributed by atoms with Gasteiger partial charge in [-0.2, -0.15) is 5.10 Å². The maximum absolute atomic E-state index is 11.8. The van der Waals surface area contributed by atoms with Gasteiger partial charge in [-0.3, -0.25) is 15.4 Å². The van der Waals surface area contributed by atoms with Crippen molar-refractivity contribution in [2.75, 3.05) is 6.54 Å². The van der Waals surface area contributed by atoms with Crippen LogP contribution in [0.5, 0.6) is 0 Å². The van der Waals surface area contributed by atoms with E-state index in [9.17, 15) is 4.79 Å². The Morgan fingerprint density at radius 1 is 1.56 bits per heavy atom. The molecule has 6 heteroatoms. The summed E-state index contributed by atoms with van der Waals surface area (Å²) in [6, 6.07) is -0.642. The first-order valence-electron chi connectivity index (χ1n) is 5.74. The first-order chi connectivity index (χ1) is 8.47. The number of amides is 2. The number of nitrogens with one attached hydrogen (secondary N) is 2. The van der Waals surface area contributed by atoms with E-state index in [1.54, 1.807) is 15.7 Å². The fourth-order valence-electron chi connectivity index (χ4n) is 2.34. The van der Waals surface area contributed by atoms with Crippen molar-refractivity contribution >= 4 is 11.9 Å². The van der Waals surface area contributed by atoms with Gasteiger partial charge in [-0.25, -0.2) is 4.79 Å². The molecule has 0 aromatic carbocycles. The number of aryl methyl sites for hydroxylation is 2. The first-order valence-corrected chi connectivity index (χ1v) is 5.74. The number of urea groups is 1. The molecule has 0 aliphatic carbocycles. The van der Waals surface area contributed by atoms with Gasteiger partial charge in [0, 0.05) is 24.8 Å². The van der Waals surface area contributed by atoms with Gasteiger partial charge in [0.1, 0.15) is 11.9 Å². The van der Waals surface area contributed by atoms with Gasteiger partial charge in [0.2, 0.25) is 0 Å². The zero-order valence-electron chi connectivity index (χ0n) is 10.8. The lowest BCUT2D eigenvalue weighted by atomic mass is 10.0. The Kier molecular flexibility index (Phi) is 2.94. The quantitative estimate of drug-likeness (QED) is 0.789. The number of carbonyl (C=O) groups is 1. The number of rotatable bonds is 3. The van der Waals surface area contributed by atoms with Crippen molar-refractivity contribution < 1.29 is 4.79 Å². The lowest BCUT2D eigenvalue weighted by Gasteiger charge is -2.21. The van der Waals surface area contributed by atoms with Crippen molar-refractivity contribution in [1.82, 2.24) is 20.0 Å². The highest BCUT2D eigenvalue weighted by molar-refractivity contribution is 6.06. The third kappa shape index (κ3) is 1.70. The standard InChI is InChI=1S/C12H17N5O/c1-5-6-17-10(11(13)14-12(17)18)9-7(2)15-16(4)8(9)3/h5,10H,1,6H2,2-4H3,(H2,13,14,18). The van der Waals surface area contributed by atoms with Crippen LogP contribution in [0.25, 0.3) is 0 Å². The molecule has 1 aromatic rings. The van der Waals surface area contributed by atoms with E-state index in [4.69, 9.17) is 5.41 Å². The summed E-state index contributed by atoms with van der Waals surface area (Å²) in [6.45, 7) is 7.89. The Labute approximate surface area is 106 Å². The van der Waals surface area contributed by atoms with Crippen molar-refractivity contribution in [3.8, 4) is 0 Å². The molecule has 6 nitrogen and oxygen atoms in total. The molecule has 2 N–H and O–H groups in total. The number of hydrogen-bond donors (Lipinski definition) is 2. The van der Waals surface area contributed by atoms with Crippen LogP contribution >= 0.6 is 0 Å². The fraction of sp³-hybridized carbons (Fsp3) is 0.417. The topological polar surface area (TPSA) is 74.0 Å². The Balaban J connectivity index is 2.50. The predicted molar refractivity (Wildman–Crippen MR) is 68.6 cm³/mol. The van der Waals surface area contributed by atoms with Crippen LogP contribution in [0.3, 0.4) is 0 Å². The van der Waals surface area contributed by atoms with Crippen LogP contribution in [0.4, 0.5) is 4.79 Å². The third-order valence-electron chi connectivity index (χ3n) is 3.25. The highest BCUT2D eigenvalue weighted by Crippen LogP contribution is 2.30. The number of aromatic nitrogens is 2. The Hall–Kier alpha value is -2.11. The maximum Gasteiger partial charge on any atom is 0.323 e. The molecule has 1 aliphatic heterocycles. The highest BCUT2D eigenvalue weighted by atomic mass is 16.2. The summed E-state index contributed by atoms with van der Waals surface area (Å²) in [5.41, 5.74) is 2.73. The van der Waals surface area contributed by atoms with Crippen molar-refractivity contribution in [2.45, 2.75) is 19.9 Å². The maximum atomic E-state index is 11.8. The lowest BCUT2D eigenvalue weighted by molar-refractivity contribution is 0.211. The number of nitrogens with zero attached hydrogens (tertiary/aromatic N) is 3. The SMILES string of the molecule is C=CCN1C(=O)NC(=N)C1c1c(C)nn(C)c1C. The van der Waals surface area contributed by atoms with Crippen molar-refractivity contribution in [3.63, 3.8) is 0 Å². The Bertz CT molecular complexity index is 531. The molecular formula is C12H17N5O. The number of carbonyl (C=O) groups excluding carboxylic acids is 1. The van der Waals surface area contributed by atoms with Crippen molar-refractivity contribution in [1.29, 1.82) is 5.41 Å². The average Bonchev–Trinajstić information content (AvgIpc) is 2.69. The van der Waals surface area contributed by atoms with Gasteiger partial charge in [0.15, 0.2) is 0 Å². The molecule has 0 saturated carbocycles.